The Balaban J connectivity index is 2.27. The molecule has 3 unspecified atom stereocenters. The minimum absolute atomic E-state index is 0.147. The Morgan fingerprint density at radius 2 is 1.43 bits per heavy atom. The van der Waals surface area contributed by atoms with E-state index < -0.39 is 12.2 Å². The fourth-order valence-electron chi connectivity index (χ4n) is 2.79. The lowest BCUT2D eigenvalue weighted by molar-refractivity contribution is -0.0371. The zero-order valence-corrected chi connectivity index (χ0v) is 15.4. The zero-order chi connectivity index (χ0) is 17.4. The SMILES string of the molecule is CC(C)OCC(O)CN1CCN(CC(O)COC(C)C)C(C)C1. The van der Waals surface area contributed by atoms with Crippen molar-refractivity contribution in [2.45, 2.75) is 65.1 Å². The van der Waals surface area contributed by atoms with Gasteiger partial charge in [0.15, 0.2) is 0 Å². The topological polar surface area (TPSA) is 65.4 Å². The molecule has 1 rings (SSSR count). The molecule has 6 heteroatoms. The molecule has 0 saturated carbocycles. The van der Waals surface area contributed by atoms with E-state index in [-0.39, 0.29) is 12.2 Å². The number of rotatable bonds is 10. The van der Waals surface area contributed by atoms with Crippen LogP contribution in [-0.4, -0.2) is 96.4 Å². The van der Waals surface area contributed by atoms with Crippen LogP contribution in [0.4, 0.5) is 0 Å². The number of hydrogen-bond acceptors (Lipinski definition) is 6. The minimum atomic E-state index is -0.448. The second-order valence-electron chi connectivity index (χ2n) is 7.18. The third-order valence-electron chi connectivity index (χ3n) is 4.01. The van der Waals surface area contributed by atoms with Gasteiger partial charge in [0, 0.05) is 38.8 Å². The van der Waals surface area contributed by atoms with Crippen LogP contribution in [0.2, 0.25) is 0 Å². The fourth-order valence-corrected chi connectivity index (χ4v) is 2.79. The number of β-amino-alcohol motifs (C(OH)–C–C–N with tert-alkyl or cyclic N) is 2. The van der Waals surface area contributed by atoms with Crippen LogP contribution in [0.5, 0.6) is 0 Å². The molecule has 1 aliphatic rings. The second kappa shape index (κ2) is 10.6. The average Bonchev–Trinajstić information content (AvgIpc) is 2.46. The van der Waals surface area contributed by atoms with Gasteiger partial charge in [-0.1, -0.05) is 0 Å². The van der Waals surface area contributed by atoms with Gasteiger partial charge < -0.3 is 19.7 Å². The normalized spacial score (nSPS) is 23.6. The molecule has 0 bridgehead atoms. The molecule has 0 aliphatic carbocycles. The summed E-state index contributed by atoms with van der Waals surface area (Å²) >= 11 is 0. The summed E-state index contributed by atoms with van der Waals surface area (Å²) in [6.07, 6.45) is -0.596. The van der Waals surface area contributed by atoms with E-state index in [1.54, 1.807) is 0 Å². The lowest BCUT2D eigenvalue weighted by Gasteiger charge is -2.41. The summed E-state index contributed by atoms with van der Waals surface area (Å²) < 4.78 is 10.9. The van der Waals surface area contributed by atoms with Gasteiger partial charge in [0.25, 0.3) is 0 Å². The van der Waals surface area contributed by atoms with Crippen LogP contribution in [0, 0.1) is 0 Å². The molecule has 3 atom stereocenters. The van der Waals surface area contributed by atoms with Crippen LogP contribution in [0.15, 0.2) is 0 Å². The van der Waals surface area contributed by atoms with E-state index >= 15 is 0 Å². The van der Waals surface area contributed by atoms with Crippen LogP contribution < -0.4 is 0 Å². The summed E-state index contributed by atoms with van der Waals surface area (Å²) in [4.78, 5) is 4.56. The number of piperazine rings is 1. The molecule has 0 amide bonds. The summed E-state index contributed by atoms with van der Waals surface area (Å²) in [5, 5.41) is 20.1. The van der Waals surface area contributed by atoms with Crippen molar-refractivity contribution in [2.75, 3.05) is 45.9 Å². The fraction of sp³-hybridized carbons (Fsp3) is 1.00. The Labute approximate surface area is 141 Å². The number of nitrogens with zero attached hydrogens (tertiary/aromatic N) is 2. The largest absolute Gasteiger partial charge is 0.389 e. The maximum atomic E-state index is 10.1. The smallest absolute Gasteiger partial charge is 0.0900 e. The van der Waals surface area contributed by atoms with Gasteiger partial charge in [0.2, 0.25) is 0 Å². The van der Waals surface area contributed by atoms with E-state index in [0.717, 1.165) is 19.6 Å². The molecule has 0 radical (unpaired) electrons. The predicted molar refractivity (Wildman–Crippen MR) is 91.7 cm³/mol. The maximum Gasteiger partial charge on any atom is 0.0900 e. The molecule has 0 aromatic heterocycles. The van der Waals surface area contributed by atoms with Crippen molar-refractivity contribution < 1.29 is 19.7 Å². The van der Waals surface area contributed by atoms with Crippen molar-refractivity contribution in [1.82, 2.24) is 9.80 Å². The van der Waals surface area contributed by atoms with Crippen molar-refractivity contribution in [3.63, 3.8) is 0 Å². The average molecular weight is 332 g/mol. The number of aliphatic hydroxyl groups is 2. The van der Waals surface area contributed by atoms with Gasteiger partial charge in [0.05, 0.1) is 37.6 Å². The van der Waals surface area contributed by atoms with Gasteiger partial charge in [-0.15, -0.1) is 0 Å². The first-order valence-electron chi connectivity index (χ1n) is 8.83. The highest BCUT2D eigenvalue weighted by molar-refractivity contribution is 4.82. The standard InChI is InChI=1S/C17H36N2O4/c1-13(2)22-11-16(20)9-18-6-7-19(15(5)8-18)10-17(21)12-23-14(3)4/h13-17,20-21H,6-12H2,1-5H3. The third-order valence-corrected chi connectivity index (χ3v) is 4.01. The molecule has 6 nitrogen and oxygen atoms in total. The quantitative estimate of drug-likeness (QED) is 0.610. The summed E-state index contributed by atoms with van der Waals surface area (Å²) in [5.74, 6) is 0. The number of ether oxygens (including phenoxy) is 2. The zero-order valence-electron chi connectivity index (χ0n) is 15.4. The van der Waals surface area contributed by atoms with Gasteiger partial charge in [-0.25, -0.2) is 0 Å². The van der Waals surface area contributed by atoms with Crippen molar-refractivity contribution in [1.29, 1.82) is 0 Å². The van der Waals surface area contributed by atoms with Crippen LogP contribution >= 0.6 is 0 Å². The number of aliphatic hydroxyl groups excluding tert-OH is 2. The monoisotopic (exact) mass is 332 g/mol. The van der Waals surface area contributed by atoms with Gasteiger partial charge in [0.1, 0.15) is 0 Å². The van der Waals surface area contributed by atoms with Crippen LogP contribution in [-0.2, 0) is 9.47 Å². The van der Waals surface area contributed by atoms with E-state index in [1.807, 2.05) is 27.7 Å². The van der Waals surface area contributed by atoms with E-state index in [0.29, 0.717) is 32.3 Å². The first-order valence-corrected chi connectivity index (χ1v) is 8.83. The van der Waals surface area contributed by atoms with Crippen LogP contribution in [0.3, 0.4) is 0 Å². The highest BCUT2D eigenvalue weighted by Gasteiger charge is 2.26. The molecule has 1 aliphatic heterocycles. The highest BCUT2D eigenvalue weighted by atomic mass is 16.5. The van der Waals surface area contributed by atoms with E-state index in [2.05, 4.69) is 16.7 Å². The molecule has 1 saturated heterocycles. The Hall–Kier alpha value is -0.240. The molecule has 0 aromatic rings. The second-order valence-corrected chi connectivity index (χ2v) is 7.18. The van der Waals surface area contributed by atoms with Crippen LogP contribution in [0.1, 0.15) is 34.6 Å². The third kappa shape index (κ3) is 8.98. The molecule has 0 spiro atoms. The maximum absolute atomic E-state index is 10.1. The molecular weight excluding hydrogens is 296 g/mol. The summed E-state index contributed by atoms with van der Waals surface area (Å²) in [6.45, 7) is 14.8. The van der Waals surface area contributed by atoms with Crippen molar-refractivity contribution in [2.24, 2.45) is 0 Å². The minimum Gasteiger partial charge on any atom is -0.389 e. The molecule has 1 fully saturated rings. The molecule has 1 heterocycles. The van der Waals surface area contributed by atoms with Gasteiger partial charge >= 0.3 is 0 Å². The number of hydrogen-bond donors (Lipinski definition) is 2. The van der Waals surface area contributed by atoms with Crippen molar-refractivity contribution >= 4 is 0 Å². The summed E-state index contributed by atoms with van der Waals surface area (Å²) in [6, 6.07) is 0.357. The van der Waals surface area contributed by atoms with Crippen molar-refractivity contribution in [3.05, 3.63) is 0 Å². The molecule has 0 aromatic carbocycles. The highest BCUT2D eigenvalue weighted by Crippen LogP contribution is 2.11. The first kappa shape index (κ1) is 20.8. The van der Waals surface area contributed by atoms with E-state index in [9.17, 15) is 10.2 Å². The molecular formula is C17H36N2O4. The van der Waals surface area contributed by atoms with E-state index in [1.165, 1.54) is 0 Å². The summed E-state index contributed by atoms with van der Waals surface area (Å²) in [7, 11) is 0. The lowest BCUT2D eigenvalue weighted by atomic mass is 10.1. The van der Waals surface area contributed by atoms with Gasteiger partial charge in [-0.2, -0.15) is 0 Å². The Morgan fingerprint density at radius 1 is 0.913 bits per heavy atom. The van der Waals surface area contributed by atoms with E-state index in [4.69, 9.17) is 9.47 Å². The Bertz CT molecular complexity index is 315. The predicted octanol–water partition coefficient (Wildman–Crippen LogP) is 0.564. The van der Waals surface area contributed by atoms with Crippen molar-refractivity contribution in [3.8, 4) is 0 Å². The first-order chi connectivity index (χ1) is 10.8. The lowest BCUT2D eigenvalue weighted by Crippen LogP contribution is -2.55. The molecule has 2 N–H and O–H groups in total. The summed E-state index contributed by atoms with van der Waals surface area (Å²) in [5.41, 5.74) is 0. The molecule has 138 valence electrons. The van der Waals surface area contributed by atoms with Gasteiger partial charge in [-0.05, 0) is 34.6 Å². The molecule has 23 heavy (non-hydrogen) atoms. The Kier molecular flexibility index (Phi) is 9.58. The Morgan fingerprint density at radius 3 is 1.91 bits per heavy atom. The van der Waals surface area contributed by atoms with Gasteiger partial charge in [-0.3, -0.25) is 9.80 Å². The van der Waals surface area contributed by atoms with Crippen LogP contribution in [0.25, 0.3) is 0 Å².